The van der Waals surface area contributed by atoms with Gasteiger partial charge in [0.2, 0.25) is 0 Å². The normalized spacial score (nSPS) is 12.4. The van der Waals surface area contributed by atoms with Gasteiger partial charge in [0, 0.05) is 12.4 Å². The number of nitrogens with one attached hydrogen (secondary N) is 1. The molecule has 1 N–H and O–H groups in total. The number of rotatable bonds is 4. The second-order valence-electron chi connectivity index (χ2n) is 5.16. The van der Waals surface area contributed by atoms with Gasteiger partial charge in [-0.2, -0.15) is 0 Å². The van der Waals surface area contributed by atoms with Crippen molar-refractivity contribution in [3.63, 3.8) is 0 Å². The van der Waals surface area contributed by atoms with Crippen molar-refractivity contribution in [2.75, 3.05) is 7.05 Å². The minimum Gasteiger partial charge on any atom is -0.310 e. The van der Waals surface area contributed by atoms with Gasteiger partial charge in [-0.1, -0.05) is 29.3 Å². The van der Waals surface area contributed by atoms with E-state index in [9.17, 15) is 0 Å². The van der Waals surface area contributed by atoms with Crippen LogP contribution in [0.2, 0.25) is 0 Å². The third-order valence-corrected chi connectivity index (χ3v) is 3.18. The summed E-state index contributed by atoms with van der Waals surface area (Å²) in [6.07, 6.45) is 4.64. The number of nitrogens with zero attached hydrogens (tertiary/aromatic N) is 2. The summed E-state index contributed by atoms with van der Waals surface area (Å²) in [7, 11) is 1.95. The van der Waals surface area contributed by atoms with Gasteiger partial charge in [0.1, 0.15) is 5.82 Å². The zero-order valence-electron chi connectivity index (χ0n) is 12.1. The summed E-state index contributed by atoms with van der Waals surface area (Å²) in [5, 5.41) is 3.30. The van der Waals surface area contributed by atoms with Crippen molar-refractivity contribution in [2.45, 2.75) is 33.2 Å². The van der Waals surface area contributed by atoms with Crippen molar-refractivity contribution in [3.8, 4) is 0 Å². The summed E-state index contributed by atoms with van der Waals surface area (Å²) >= 11 is 0. The quantitative estimate of drug-likeness (QED) is 0.913. The molecule has 1 unspecified atom stereocenters. The molecule has 2 aromatic rings. The van der Waals surface area contributed by atoms with Crippen LogP contribution in [-0.2, 0) is 6.42 Å². The van der Waals surface area contributed by atoms with Gasteiger partial charge in [0.15, 0.2) is 0 Å². The summed E-state index contributed by atoms with van der Waals surface area (Å²) in [4.78, 5) is 8.83. The zero-order valence-corrected chi connectivity index (χ0v) is 12.1. The molecule has 19 heavy (non-hydrogen) atoms. The highest BCUT2D eigenvalue weighted by molar-refractivity contribution is 5.29. The third-order valence-electron chi connectivity index (χ3n) is 3.18. The van der Waals surface area contributed by atoms with Gasteiger partial charge in [-0.05, 0) is 45.4 Å². The molecule has 1 aromatic heterocycles. The molecule has 3 heteroatoms. The van der Waals surface area contributed by atoms with Gasteiger partial charge in [-0.3, -0.25) is 0 Å². The molecule has 1 atom stereocenters. The van der Waals surface area contributed by atoms with E-state index in [0.717, 1.165) is 17.8 Å². The molecular formula is C16H21N3. The summed E-state index contributed by atoms with van der Waals surface area (Å²) < 4.78 is 0. The third kappa shape index (κ3) is 3.61. The molecule has 0 aliphatic heterocycles. The zero-order chi connectivity index (χ0) is 13.8. The number of aryl methyl sites for hydroxylation is 3. The Morgan fingerprint density at radius 1 is 0.947 bits per heavy atom. The average Bonchev–Trinajstić information content (AvgIpc) is 2.36. The number of hydrogen-bond acceptors (Lipinski definition) is 3. The van der Waals surface area contributed by atoms with E-state index >= 15 is 0 Å². The highest BCUT2D eigenvalue weighted by atomic mass is 15.0. The Morgan fingerprint density at radius 3 is 2.05 bits per heavy atom. The number of aromatic nitrogens is 2. The van der Waals surface area contributed by atoms with Crippen molar-refractivity contribution in [2.24, 2.45) is 0 Å². The lowest BCUT2D eigenvalue weighted by Crippen LogP contribution is -2.21. The van der Waals surface area contributed by atoms with Crippen LogP contribution in [0.5, 0.6) is 0 Å². The summed E-state index contributed by atoms with van der Waals surface area (Å²) in [6.45, 7) is 6.27. The average molecular weight is 255 g/mol. The Hall–Kier alpha value is -1.74. The molecule has 0 aliphatic rings. The molecule has 2 rings (SSSR count). The standard InChI is InChI=1S/C16H21N3/c1-11-5-12(2)7-14(6-11)8-15(17-4)16-18-9-13(3)10-19-16/h5-7,9-10,15,17H,8H2,1-4H3. The van der Waals surface area contributed by atoms with Crippen molar-refractivity contribution in [1.29, 1.82) is 0 Å². The Kier molecular flexibility index (Phi) is 4.27. The minimum absolute atomic E-state index is 0.154. The van der Waals surface area contributed by atoms with Crippen LogP contribution >= 0.6 is 0 Å². The lowest BCUT2D eigenvalue weighted by atomic mass is 10.0. The van der Waals surface area contributed by atoms with Gasteiger partial charge < -0.3 is 5.32 Å². The first-order valence-electron chi connectivity index (χ1n) is 6.61. The van der Waals surface area contributed by atoms with Crippen molar-refractivity contribution in [3.05, 3.63) is 58.7 Å². The molecule has 0 radical (unpaired) electrons. The second-order valence-corrected chi connectivity index (χ2v) is 5.16. The van der Waals surface area contributed by atoms with Gasteiger partial charge in [0.25, 0.3) is 0 Å². The fourth-order valence-corrected chi connectivity index (χ4v) is 2.33. The van der Waals surface area contributed by atoms with E-state index < -0.39 is 0 Å². The fraction of sp³-hybridized carbons (Fsp3) is 0.375. The Balaban J connectivity index is 2.21. The Morgan fingerprint density at radius 2 is 1.53 bits per heavy atom. The van der Waals surface area contributed by atoms with Crippen molar-refractivity contribution in [1.82, 2.24) is 15.3 Å². The molecular weight excluding hydrogens is 234 g/mol. The predicted octanol–water partition coefficient (Wildman–Crippen LogP) is 2.91. The van der Waals surface area contributed by atoms with Crippen LogP contribution in [0.1, 0.15) is 34.1 Å². The van der Waals surface area contributed by atoms with Crippen LogP contribution in [0.3, 0.4) is 0 Å². The molecule has 0 aliphatic carbocycles. The molecule has 0 bridgehead atoms. The topological polar surface area (TPSA) is 37.8 Å². The first-order valence-corrected chi connectivity index (χ1v) is 6.61. The van der Waals surface area contributed by atoms with Crippen LogP contribution in [0.4, 0.5) is 0 Å². The molecule has 100 valence electrons. The van der Waals surface area contributed by atoms with E-state index in [1.54, 1.807) is 0 Å². The van der Waals surface area contributed by atoms with E-state index in [0.29, 0.717) is 0 Å². The van der Waals surface area contributed by atoms with E-state index in [2.05, 4.69) is 47.3 Å². The van der Waals surface area contributed by atoms with Crippen LogP contribution in [0.15, 0.2) is 30.6 Å². The summed E-state index contributed by atoms with van der Waals surface area (Å²) in [6, 6.07) is 6.80. The van der Waals surface area contributed by atoms with Crippen LogP contribution in [0, 0.1) is 20.8 Å². The van der Waals surface area contributed by atoms with Crippen LogP contribution in [0.25, 0.3) is 0 Å². The minimum atomic E-state index is 0.154. The predicted molar refractivity (Wildman–Crippen MR) is 78.2 cm³/mol. The second kappa shape index (κ2) is 5.93. The van der Waals surface area contributed by atoms with Gasteiger partial charge >= 0.3 is 0 Å². The highest BCUT2D eigenvalue weighted by Crippen LogP contribution is 2.17. The largest absolute Gasteiger partial charge is 0.310 e. The maximum Gasteiger partial charge on any atom is 0.145 e. The first kappa shape index (κ1) is 13.7. The molecule has 1 aromatic carbocycles. The smallest absolute Gasteiger partial charge is 0.145 e. The molecule has 0 fully saturated rings. The SMILES string of the molecule is CNC(Cc1cc(C)cc(C)c1)c1ncc(C)cn1. The molecule has 0 saturated carbocycles. The lowest BCUT2D eigenvalue weighted by Gasteiger charge is -2.15. The molecule has 3 nitrogen and oxygen atoms in total. The van der Waals surface area contributed by atoms with Gasteiger partial charge in [-0.15, -0.1) is 0 Å². The van der Waals surface area contributed by atoms with E-state index in [1.807, 2.05) is 26.4 Å². The van der Waals surface area contributed by atoms with E-state index in [1.165, 1.54) is 16.7 Å². The fourth-order valence-electron chi connectivity index (χ4n) is 2.33. The van der Waals surface area contributed by atoms with Crippen LogP contribution in [-0.4, -0.2) is 17.0 Å². The van der Waals surface area contributed by atoms with Crippen LogP contribution < -0.4 is 5.32 Å². The monoisotopic (exact) mass is 255 g/mol. The van der Waals surface area contributed by atoms with Crippen molar-refractivity contribution < 1.29 is 0 Å². The number of hydrogen-bond donors (Lipinski definition) is 1. The van der Waals surface area contributed by atoms with Crippen molar-refractivity contribution >= 4 is 0 Å². The molecule has 0 amide bonds. The lowest BCUT2D eigenvalue weighted by molar-refractivity contribution is 0.556. The summed E-state index contributed by atoms with van der Waals surface area (Å²) in [5.74, 6) is 0.854. The molecule has 1 heterocycles. The van der Waals surface area contributed by atoms with Gasteiger partial charge in [-0.25, -0.2) is 9.97 Å². The first-order chi connectivity index (χ1) is 9.08. The maximum absolute atomic E-state index is 4.42. The van der Waals surface area contributed by atoms with Gasteiger partial charge in [0.05, 0.1) is 6.04 Å². The molecule has 0 saturated heterocycles. The molecule has 0 spiro atoms. The Bertz CT molecular complexity index is 526. The van der Waals surface area contributed by atoms with E-state index in [-0.39, 0.29) is 6.04 Å². The summed E-state index contributed by atoms with van der Waals surface area (Å²) in [5.41, 5.74) is 5.01. The Labute approximate surface area is 115 Å². The highest BCUT2D eigenvalue weighted by Gasteiger charge is 2.13. The maximum atomic E-state index is 4.42. The number of likely N-dealkylation sites (N-methyl/N-ethyl adjacent to an activating group) is 1. The van der Waals surface area contributed by atoms with E-state index in [4.69, 9.17) is 0 Å². The number of benzene rings is 1.